The normalized spacial score (nSPS) is 16.9. The molecule has 6 nitrogen and oxygen atoms in total. The predicted molar refractivity (Wildman–Crippen MR) is 108 cm³/mol. The number of nitrogens with zero attached hydrogens (tertiary/aromatic N) is 4. The molecule has 27 heavy (non-hydrogen) atoms. The maximum absolute atomic E-state index is 4.84. The summed E-state index contributed by atoms with van der Waals surface area (Å²) in [5.74, 6) is 1.78. The molecule has 1 fully saturated rings. The van der Waals surface area contributed by atoms with Crippen molar-refractivity contribution in [3.8, 4) is 0 Å². The fourth-order valence-electron chi connectivity index (χ4n) is 3.71. The molecule has 1 atom stereocenters. The molecule has 2 N–H and O–H groups in total. The van der Waals surface area contributed by atoms with Crippen LogP contribution in [0.5, 0.6) is 0 Å². The molecule has 2 aromatic heterocycles. The molecule has 0 amide bonds. The van der Waals surface area contributed by atoms with Crippen LogP contribution in [0.2, 0.25) is 0 Å². The minimum absolute atomic E-state index is 0.268. The van der Waals surface area contributed by atoms with E-state index in [9.17, 15) is 0 Å². The average molecular weight is 362 g/mol. The standard InChI is InChI=1S/C21H26N6/c1-22-19-12-17(25-21(26-19)18-9-5-10-23-18)14-27(2)13-16-7-3-6-15-8-4-11-24-20(15)16/h3-4,6-8,11-12,18,23H,5,9-10,13-14H2,1-2H3,(H,22,25,26)/t18-/m0/s1. The van der Waals surface area contributed by atoms with Crippen LogP contribution in [0.3, 0.4) is 0 Å². The first-order chi connectivity index (χ1) is 13.2. The summed E-state index contributed by atoms with van der Waals surface area (Å²) in [6, 6.07) is 12.8. The largest absolute Gasteiger partial charge is 0.373 e. The van der Waals surface area contributed by atoms with Gasteiger partial charge in [0.05, 0.1) is 17.3 Å². The van der Waals surface area contributed by atoms with Crippen molar-refractivity contribution in [2.45, 2.75) is 32.0 Å². The SMILES string of the molecule is CNc1cc(CN(C)Cc2cccc3cccnc23)nc([C@@H]2CCCN2)n1. The smallest absolute Gasteiger partial charge is 0.147 e. The van der Waals surface area contributed by atoms with Crippen LogP contribution in [0.4, 0.5) is 5.82 Å². The molecule has 3 heterocycles. The summed E-state index contributed by atoms with van der Waals surface area (Å²) in [4.78, 5) is 16.3. The first-order valence-electron chi connectivity index (χ1n) is 9.53. The molecule has 0 saturated carbocycles. The summed E-state index contributed by atoms with van der Waals surface area (Å²) in [7, 11) is 4.03. The van der Waals surface area contributed by atoms with Crippen molar-refractivity contribution in [3.05, 3.63) is 59.7 Å². The Hall–Kier alpha value is -2.57. The summed E-state index contributed by atoms with van der Waals surface area (Å²) in [5, 5.41) is 7.84. The molecule has 0 aliphatic carbocycles. The quantitative estimate of drug-likeness (QED) is 0.702. The second-order valence-electron chi connectivity index (χ2n) is 7.17. The van der Waals surface area contributed by atoms with Crippen LogP contribution in [0.1, 0.15) is 36.0 Å². The number of benzene rings is 1. The molecular weight excluding hydrogens is 336 g/mol. The van der Waals surface area contributed by atoms with Gasteiger partial charge in [-0.2, -0.15) is 0 Å². The van der Waals surface area contributed by atoms with Crippen LogP contribution in [-0.2, 0) is 13.1 Å². The molecule has 1 aromatic carbocycles. The van der Waals surface area contributed by atoms with Gasteiger partial charge >= 0.3 is 0 Å². The van der Waals surface area contributed by atoms with Crippen LogP contribution in [0, 0.1) is 0 Å². The van der Waals surface area contributed by atoms with Crippen LogP contribution in [0.15, 0.2) is 42.6 Å². The van der Waals surface area contributed by atoms with Gasteiger partial charge in [0.25, 0.3) is 0 Å². The Kier molecular flexibility index (Phi) is 5.27. The lowest BCUT2D eigenvalue weighted by molar-refractivity contribution is 0.315. The molecule has 1 aliphatic rings. The number of anilines is 1. The van der Waals surface area contributed by atoms with E-state index in [4.69, 9.17) is 4.98 Å². The monoisotopic (exact) mass is 362 g/mol. The lowest BCUT2D eigenvalue weighted by Gasteiger charge is -2.19. The van der Waals surface area contributed by atoms with E-state index in [1.165, 1.54) is 17.4 Å². The molecule has 0 unspecified atom stereocenters. The number of para-hydroxylation sites is 1. The summed E-state index contributed by atoms with van der Waals surface area (Å²) >= 11 is 0. The second-order valence-corrected chi connectivity index (χ2v) is 7.17. The molecule has 140 valence electrons. The molecule has 4 rings (SSSR count). The van der Waals surface area contributed by atoms with Crippen molar-refractivity contribution < 1.29 is 0 Å². The van der Waals surface area contributed by atoms with E-state index in [0.29, 0.717) is 0 Å². The number of fused-ring (bicyclic) bond motifs is 1. The fourth-order valence-corrected chi connectivity index (χ4v) is 3.71. The number of hydrogen-bond acceptors (Lipinski definition) is 6. The van der Waals surface area contributed by atoms with Gasteiger partial charge < -0.3 is 10.6 Å². The Morgan fingerprint density at radius 1 is 1.19 bits per heavy atom. The molecule has 1 saturated heterocycles. The highest BCUT2D eigenvalue weighted by molar-refractivity contribution is 5.81. The molecular formula is C21H26N6. The maximum atomic E-state index is 4.84. The number of aromatic nitrogens is 3. The minimum Gasteiger partial charge on any atom is -0.373 e. The molecule has 0 radical (unpaired) electrons. The number of pyridine rings is 1. The fraction of sp³-hybridized carbons (Fsp3) is 0.381. The molecule has 1 aliphatic heterocycles. The van der Waals surface area contributed by atoms with Gasteiger partial charge in [0.2, 0.25) is 0 Å². The van der Waals surface area contributed by atoms with Crippen molar-refractivity contribution >= 4 is 16.7 Å². The van der Waals surface area contributed by atoms with E-state index in [-0.39, 0.29) is 6.04 Å². The highest BCUT2D eigenvalue weighted by Gasteiger charge is 2.20. The van der Waals surface area contributed by atoms with E-state index in [2.05, 4.69) is 56.8 Å². The third-order valence-corrected chi connectivity index (χ3v) is 5.01. The van der Waals surface area contributed by atoms with Crippen molar-refractivity contribution in [3.63, 3.8) is 0 Å². The van der Waals surface area contributed by atoms with Gasteiger partial charge in [-0.25, -0.2) is 9.97 Å². The zero-order valence-electron chi connectivity index (χ0n) is 15.9. The molecule has 0 bridgehead atoms. The summed E-state index contributed by atoms with van der Waals surface area (Å²) in [6.07, 6.45) is 4.14. The lowest BCUT2D eigenvalue weighted by Crippen LogP contribution is -2.21. The Labute approximate surface area is 160 Å². The Morgan fingerprint density at radius 2 is 2.07 bits per heavy atom. The number of hydrogen-bond donors (Lipinski definition) is 2. The van der Waals surface area contributed by atoms with Crippen molar-refractivity contribution in [1.29, 1.82) is 0 Å². The van der Waals surface area contributed by atoms with E-state index < -0.39 is 0 Å². The van der Waals surface area contributed by atoms with Gasteiger partial charge in [-0.1, -0.05) is 24.3 Å². The van der Waals surface area contributed by atoms with Crippen molar-refractivity contribution in [2.75, 3.05) is 26.0 Å². The highest BCUT2D eigenvalue weighted by atomic mass is 15.1. The van der Waals surface area contributed by atoms with Crippen molar-refractivity contribution in [2.24, 2.45) is 0 Å². The van der Waals surface area contributed by atoms with Crippen LogP contribution >= 0.6 is 0 Å². The van der Waals surface area contributed by atoms with Gasteiger partial charge in [-0.05, 0) is 38.1 Å². The first kappa shape index (κ1) is 17.8. The lowest BCUT2D eigenvalue weighted by atomic mass is 10.1. The third kappa shape index (κ3) is 4.07. The maximum Gasteiger partial charge on any atom is 0.147 e. The van der Waals surface area contributed by atoms with Crippen LogP contribution in [0.25, 0.3) is 10.9 Å². The van der Waals surface area contributed by atoms with Crippen molar-refractivity contribution in [1.82, 2.24) is 25.2 Å². The van der Waals surface area contributed by atoms with Gasteiger partial charge in [0.15, 0.2) is 0 Å². The average Bonchev–Trinajstić information content (AvgIpc) is 3.23. The molecule has 6 heteroatoms. The van der Waals surface area contributed by atoms with Gasteiger partial charge in [-0.15, -0.1) is 0 Å². The Balaban J connectivity index is 1.53. The summed E-state index contributed by atoms with van der Waals surface area (Å²) in [6.45, 7) is 2.63. The first-order valence-corrected chi connectivity index (χ1v) is 9.53. The number of nitrogens with one attached hydrogen (secondary N) is 2. The summed E-state index contributed by atoms with van der Waals surface area (Å²) in [5.41, 5.74) is 3.34. The van der Waals surface area contributed by atoms with Gasteiger partial charge in [0, 0.05) is 37.8 Å². The van der Waals surface area contributed by atoms with E-state index in [1.807, 2.05) is 25.4 Å². The zero-order chi connectivity index (χ0) is 18.6. The minimum atomic E-state index is 0.268. The van der Waals surface area contributed by atoms with E-state index >= 15 is 0 Å². The highest BCUT2D eigenvalue weighted by Crippen LogP contribution is 2.22. The van der Waals surface area contributed by atoms with Gasteiger partial charge in [0.1, 0.15) is 11.6 Å². The summed E-state index contributed by atoms with van der Waals surface area (Å²) < 4.78 is 0. The molecule has 0 spiro atoms. The second kappa shape index (κ2) is 7.98. The molecule has 3 aromatic rings. The predicted octanol–water partition coefficient (Wildman–Crippen LogP) is 3.12. The third-order valence-electron chi connectivity index (χ3n) is 5.01. The van der Waals surface area contributed by atoms with E-state index in [1.54, 1.807) is 0 Å². The van der Waals surface area contributed by atoms with Gasteiger partial charge in [-0.3, -0.25) is 9.88 Å². The topological polar surface area (TPSA) is 66.0 Å². The van der Waals surface area contributed by atoms with E-state index in [0.717, 1.165) is 48.9 Å². The van der Waals surface area contributed by atoms with Crippen LogP contribution < -0.4 is 10.6 Å². The Morgan fingerprint density at radius 3 is 2.89 bits per heavy atom. The Bertz CT molecular complexity index is 914. The van der Waals surface area contributed by atoms with Crippen LogP contribution in [-0.4, -0.2) is 40.5 Å². The number of rotatable bonds is 6. The zero-order valence-corrected chi connectivity index (χ0v) is 15.9.